The minimum absolute atomic E-state index is 0.560. The summed E-state index contributed by atoms with van der Waals surface area (Å²) in [6, 6.07) is 5.51. The maximum absolute atomic E-state index is 9.86. The maximum atomic E-state index is 9.86. The van der Waals surface area contributed by atoms with Gasteiger partial charge in [-0.25, -0.2) is 4.98 Å². The molecule has 0 unspecified atom stereocenters. The van der Waals surface area contributed by atoms with Gasteiger partial charge in [0.15, 0.2) is 0 Å². The molecule has 0 saturated carbocycles. The van der Waals surface area contributed by atoms with Gasteiger partial charge in [-0.3, -0.25) is 15.6 Å². The van der Waals surface area contributed by atoms with Crippen LogP contribution in [0.1, 0.15) is 5.69 Å². The second kappa shape index (κ2) is 3.55. The Morgan fingerprint density at radius 2 is 2.36 bits per heavy atom. The second-order valence-electron chi connectivity index (χ2n) is 2.05. The summed E-state index contributed by atoms with van der Waals surface area (Å²) in [6.07, 6.45) is 0.560. The third kappa shape index (κ3) is 2.25. The summed E-state index contributed by atoms with van der Waals surface area (Å²) in [5, 5.41) is 0. The number of carbonyl (C=O) groups excluding carboxylic acids is 1. The molecule has 0 aliphatic heterocycles. The second-order valence-corrected chi connectivity index (χ2v) is 2.05. The summed E-state index contributed by atoms with van der Waals surface area (Å²) in [5.41, 5.74) is 5.81. The topological polar surface area (TPSA) is 54.0 Å². The molecule has 0 aromatic carbocycles. The van der Waals surface area contributed by atoms with Crippen LogP contribution >= 0.6 is 0 Å². The molecule has 1 aromatic rings. The average Bonchev–Trinajstić information content (AvgIpc) is 2.01. The van der Waals surface area contributed by atoms with Crippen molar-refractivity contribution in [3.8, 4) is 0 Å². The molecule has 0 aliphatic carbocycles. The van der Waals surface area contributed by atoms with Gasteiger partial charge in [-0.05, 0) is 19.1 Å². The average molecular weight is 151 g/mol. The van der Waals surface area contributed by atoms with Crippen LogP contribution in [0.15, 0.2) is 18.2 Å². The number of nitrogens with one attached hydrogen (secondary N) is 2. The number of hydrogen-bond donors (Lipinski definition) is 2. The highest BCUT2D eigenvalue weighted by atomic mass is 16.1. The first-order valence-corrected chi connectivity index (χ1v) is 3.22. The van der Waals surface area contributed by atoms with Crippen molar-refractivity contribution in [1.29, 1.82) is 0 Å². The van der Waals surface area contributed by atoms with Gasteiger partial charge in [0.25, 0.3) is 0 Å². The minimum Gasteiger partial charge on any atom is -0.282 e. The molecule has 58 valence electrons. The van der Waals surface area contributed by atoms with Crippen LogP contribution in [-0.2, 0) is 4.79 Å². The van der Waals surface area contributed by atoms with Gasteiger partial charge in [-0.2, -0.15) is 0 Å². The highest BCUT2D eigenvalue weighted by Gasteiger charge is 1.89. The predicted molar refractivity (Wildman–Crippen MR) is 41.8 cm³/mol. The highest BCUT2D eigenvalue weighted by Crippen LogP contribution is 2.00. The fraction of sp³-hybridized carbons (Fsp3) is 0.143. The van der Waals surface area contributed by atoms with E-state index in [9.17, 15) is 4.79 Å². The Hall–Kier alpha value is -1.58. The van der Waals surface area contributed by atoms with E-state index < -0.39 is 0 Å². The SMILES string of the molecule is Cc1cccc(NNC=O)n1. The van der Waals surface area contributed by atoms with Gasteiger partial charge in [0.05, 0.1) is 0 Å². The standard InChI is InChI=1S/C7H9N3O/c1-6-3-2-4-7(9-6)10-8-5-11/h2-5H,1H3,(H,8,11)(H,9,10). The highest BCUT2D eigenvalue weighted by molar-refractivity contribution is 5.50. The number of rotatable bonds is 3. The zero-order valence-electron chi connectivity index (χ0n) is 6.16. The molecule has 0 radical (unpaired) electrons. The number of aromatic nitrogens is 1. The van der Waals surface area contributed by atoms with Gasteiger partial charge in [0.1, 0.15) is 5.82 Å². The Bertz CT molecular complexity index is 249. The third-order valence-electron chi connectivity index (χ3n) is 1.15. The lowest BCUT2D eigenvalue weighted by Crippen LogP contribution is -2.19. The summed E-state index contributed by atoms with van der Waals surface area (Å²) in [6.45, 7) is 1.88. The normalized spacial score (nSPS) is 8.82. The number of amides is 1. The van der Waals surface area contributed by atoms with Gasteiger partial charge in [-0.1, -0.05) is 6.07 Å². The molecule has 1 amide bonds. The van der Waals surface area contributed by atoms with Crippen LogP contribution in [0.2, 0.25) is 0 Å². The van der Waals surface area contributed by atoms with Crippen molar-refractivity contribution < 1.29 is 4.79 Å². The van der Waals surface area contributed by atoms with Crippen molar-refractivity contribution in [3.05, 3.63) is 23.9 Å². The van der Waals surface area contributed by atoms with Crippen LogP contribution in [-0.4, -0.2) is 11.4 Å². The third-order valence-corrected chi connectivity index (χ3v) is 1.15. The summed E-state index contributed by atoms with van der Waals surface area (Å²) in [7, 11) is 0. The Kier molecular flexibility index (Phi) is 2.43. The predicted octanol–water partition coefficient (Wildman–Crippen LogP) is 0.463. The zero-order valence-corrected chi connectivity index (χ0v) is 6.16. The van der Waals surface area contributed by atoms with E-state index in [0.29, 0.717) is 12.2 Å². The number of hydrazine groups is 1. The number of hydrogen-bond acceptors (Lipinski definition) is 3. The quantitative estimate of drug-likeness (QED) is 0.487. The molecule has 0 atom stereocenters. The maximum Gasteiger partial charge on any atom is 0.225 e. The molecular formula is C7H9N3O. The molecule has 0 spiro atoms. The smallest absolute Gasteiger partial charge is 0.225 e. The molecule has 11 heavy (non-hydrogen) atoms. The lowest BCUT2D eigenvalue weighted by molar-refractivity contribution is -0.109. The number of nitrogens with zero attached hydrogens (tertiary/aromatic N) is 1. The molecular weight excluding hydrogens is 142 g/mol. The van der Waals surface area contributed by atoms with E-state index >= 15 is 0 Å². The van der Waals surface area contributed by atoms with E-state index in [1.54, 1.807) is 6.07 Å². The van der Waals surface area contributed by atoms with Crippen LogP contribution in [0.25, 0.3) is 0 Å². The zero-order chi connectivity index (χ0) is 8.10. The first-order valence-electron chi connectivity index (χ1n) is 3.22. The fourth-order valence-corrected chi connectivity index (χ4v) is 0.716. The molecule has 4 nitrogen and oxygen atoms in total. The van der Waals surface area contributed by atoms with Crippen LogP contribution in [0.3, 0.4) is 0 Å². The molecule has 4 heteroatoms. The number of carbonyl (C=O) groups is 1. The molecule has 0 saturated heterocycles. The fourth-order valence-electron chi connectivity index (χ4n) is 0.716. The minimum atomic E-state index is 0.560. The lowest BCUT2D eigenvalue weighted by Gasteiger charge is -2.01. The van der Waals surface area contributed by atoms with Crippen molar-refractivity contribution in [2.45, 2.75) is 6.92 Å². The van der Waals surface area contributed by atoms with Gasteiger partial charge in [0, 0.05) is 5.69 Å². The van der Waals surface area contributed by atoms with E-state index in [1.807, 2.05) is 19.1 Å². The first kappa shape index (κ1) is 7.53. The van der Waals surface area contributed by atoms with Crippen LogP contribution in [0.5, 0.6) is 0 Å². The van der Waals surface area contributed by atoms with Gasteiger partial charge < -0.3 is 0 Å². The number of aryl methyl sites for hydroxylation is 1. The Labute approximate surface area is 64.6 Å². The number of anilines is 1. The molecule has 0 bridgehead atoms. The van der Waals surface area contributed by atoms with E-state index in [1.165, 1.54) is 0 Å². The molecule has 1 heterocycles. The van der Waals surface area contributed by atoms with Crippen LogP contribution in [0.4, 0.5) is 5.82 Å². The van der Waals surface area contributed by atoms with Gasteiger partial charge >= 0.3 is 0 Å². The van der Waals surface area contributed by atoms with Crippen molar-refractivity contribution in [2.24, 2.45) is 0 Å². The number of pyridine rings is 1. The van der Waals surface area contributed by atoms with E-state index in [0.717, 1.165) is 5.69 Å². The summed E-state index contributed by atoms with van der Waals surface area (Å²) >= 11 is 0. The van der Waals surface area contributed by atoms with E-state index in [2.05, 4.69) is 15.8 Å². The molecule has 2 N–H and O–H groups in total. The Balaban J connectivity index is 2.63. The first-order chi connectivity index (χ1) is 5.33. The van der Waals surface area contributed by atoms with Crippen molar-refractivity contribution in [2.75, 3.05) is 5.43 Å². The van der Waals surface area contributed by atoms with Gasteiger partial charge in [-0.15, -0.1) is 0 Å². The van der Waals surface area contributed by atoms with Crippen LogP contribution < -0.4 is 10.9 Å². The summed E-state index contributed by atoms with van der Waals surface area (Å²) in [5.74, 6) is 0.636. The Morgan fingerprint density at radius 3 is 3.00 bits per heavy atom. The van der Waals surface area contributed by atoms with Gasteiger partial charge in [0.2, 0.25) is 6.41 Å². The monoisotopic (exact) mass is 151 g/mol. The lowest BCUT2D eigenvalue weighted by atomic mass is 10.4. The largest absolute Gasteiger partial charge is 0.282 e. The van der Waals surface area contributed by atoms with Crippen LogP contribution in [0, 0.1) is 6.92 Å². The van der Waals surface area contributed by atoms with E-state index in [4.69, 9.17) is 0 Å². The van der Waals surface area contributed by atoms with Crippen molar-refractivity contribution in [1.82, 2.24) is 10.4 Å². The van der Waals surface area contributed by atoms with Crippen molar-refractivity contribution >= 4 is 12.2 Å². The molecule has 0 aliphatic rings. The van der Waals surface area contributed by atoms with Crippen molar-refractivity contribution in [3.63, 3.8) is 0 Å². The Morgan fingerprint density at radius 1 is 1.55 bits per heavy atom. The summed E-state index contributed by atoms with van der Waals surface area (Å²) < 4.78 is 0. The molecule has 1 aromatic heterocycles. The van der Waals surface area contributed by atoms with E-state index in [-0.39, 0.29) is 0 Å². The summed E-state index contributed by atoms with van der Waals surface area (Å²) in [4.78, 5) is 13.9. The molecule has 0 fully saturated rings. The molecule has 1 rings (SSSR count).